The van der Waals surface area contributed by atoms with Crippen molar-refractivity contribution in [3.8, 4) is 0 Å². The average Bonchev–Trinajstić information content (AvgIpc) is 3.59. The lowest BCUT2D eigenvalue weighted by Crippen LogP contribution is -2.47. The quantitative estimate of drug-likeness (QED) is 0.414. The summed E-state index contributed by atoms with van der Waals surface area (Å²) in [4.78, 5) is 31.2. The molecule has 2 saturated heterocycles. The van der Waals surface area contributed by atoms with Gasteiger partial charge in [0.05, 0.1) is 5.39 Å². The van der Waals surface area contributed by atoms with Gasteiger partial charge in [-0.05, 0) is 80.3 Å². The van der Waals surface area contributed by atoms with Crippen molar-refractivity contribution < 1.29 is 4.79 Å². The fourth-order valence-corrected chi connectivity index (χ4v) is 5.79. The second-order valence-corrected chi connectivity index (χ2v) is 11.3. The van der Waals surface area contributed by atoms with Crippen LogP contribution in [-0.4, -0.2) is 101 Å². The first kappa shape index (κ1) is 26.7. The number of nitrogens with zero attached hydrogens (tertiary/aromatic N) is 7. The van der Waals surface area contributed by atoms with Gasteiger partial charge in [0.2, 0.25) is 0 Å². The standard InChI is InChI=1S/C27H38BrN9O/c1-18(2)34(4)27(38)20-15-21(29-7-10-35-8-5-6-9-35)19(3)22(16-20)36-11-13-37(14-12-36)26-23-24(28)32-33-25(23)30-17-31-26/h15-18,29H,5-14H2,1-4H3,(H,30,31,32,33). The van der Waals surface area contributed by atoms with Crippen LogP contribution in [0.25, 0.3) is 11.0 Å². The minimum atomic E-state index is 0.0515. The highest BCUT2D eigenvalue weighted by Crippen LogP contribution is 2.33. The van der Waals surface area contributed by atoms with Crippen LogP contribution >= 0.6 is 15.9 Å². The lowest BCUT2D eigenvalue weighted by Gasteiger charge is -2.38. The SMILES string of the molecule is Cc1c(NCCN2CCCC2)cc(C(=O)N(C)C(C)C)cc1N1CCN(c2ncnc3[nH]nc(Br)c23)CC1. The van der Waals surface area contributed by atoms with E-state index >= 15 is 0 Å². The van der Waals surface area contributed by atoms with Gasteiger partial charge in [-0.1, -0.05) is 0 Å². The second kappa shape index (κ2) is 11.4. The monoisotopic (exact) mass is 583 g/mol. The predicted molar refractivity (Wildman–Crippen MR) is 156 cm³/mol. The van der Waals surface area contributed by atoms with E-state index in [0.717, 1.165) is 77.7 Å². The summed E-state index contributed by atoms with van der Waals surface area (Å²) in [6, 6.07) is 4.25. The molecule has 2 aliphatic rings. The first-order valence-corrected chi connectivity index (χ1v) is 14.3. The number of aromatic amines is 1. The Morgan fingerprint density at radius 1 is 1.11 bits per heavy atom. The van der Waals surface area contributed by atoms with E-state index in [1.54, 1.807) is 6.33 Å². The molecule has 0 bridgehead atoms. The number of nitrogens with one attached hydrogen (secondary N) is 2. The van der Waals surface area contributed by atoms with E-state index in [0.29, 0.717) is 0 Å². The van der Waals surface area contributed by atoms with Crippen LogP contribution in [0.5, 0.6) is 0 Å². The number of piperazine rings is 1. The minimum absolute atomic E-state index is 0.0515. The maximum absolute atomic E-state index is 13.4. The second-order valence-electron chi connectivity index (χ2n) is 10.6. The van der Waals surface area contributed by atoms with Gasteiger partial charge in [-0.15, -0.1) is 0 Å². The molecule has 204 valence electrons. The van der Waals surface area contributed by atoms with Crippen LogP contribution in [0.1, 0.15) is 42.6 Å². The molecule has 1 amide bonds. The molecular weight excluding hydrogens is 546 g/mol. The molecule has 0 spiro atoms. The van der Waals surface area contributed by atoms with Gasteiger partial charge >= 0.3 is 0 Å². The molecule has 0 radical (unpaired) electrons. The molecular formula is C27H38BrN9O. The minimum Gasteiger partial charge on any atom is -0.383 e. The number of anilines is 3. The van der Waals surface area contributed by atoms with Crippen molar-refractivity contribution in [1.29, 1.82) is 0 Å². The molecule has 0 aliphatic carbocycles. The Bertz CT molecular complexity index is 1280. The normalized spacial score (nSPS) is 16.6. The lowest BCUT2D eigenvalue weighted by molar-refractivity contribution is 0.0755. The summed E-state index contributed by atoms with van der Waals surface area (Å²) >= 11 is 3.53. The van der Waals surface area contributed by atoms with E-state index in [1.165, 1.54) is 31.5 Å². The Labute approximate surface area is 232 Å². The zero-order valence-electron chi connectivity index (χ0n) is 22.8. The molecule has 10 nitrogen and oxygen atoms in total. The van der Waals surface area contributed by atoms with E-state index < -0.39 is 0 Å². The van der Waals surface area contributed by atoms with Crippen molar-refractivity contribution >= 4 is 50.1 Å². The third-order valence-electron chi connectivity index (χ3n) is 7.88. The molecule has 0 saturated carbocycles. The summed E-state index contributed by atoms with van der Waals surface area (Å²) in [5.41, 5.74) is 4.81. The molecule has 2 aliphatic heterocycles. The maximum atomic E-state index is 13.4. The number of hydrogen-bond acceptors (Lipinski definition) is 8. The fourth-order valence-electron chi connectivity index (χ4n) is 5.34. The number of rotatable bonds is 8. The molecule has 1 aromatic carbocycles. The maximum Gasteiger partial charge on any atom is 0.253 e. The van der Waals surface area contributed by atoms with Crippen molar-refractivity contribution in [3.05, 3.63) is 34.2 Å². The Morgan fingerprint density at radius 2 is 1.82 bits per heavy atom. The molecule has 4 heterocycles. The number of benzene rings is 1. The Morgan fingerprint density at radius 3 is 2.53 bits per heavy atom. The highest BCUT2D eigenvalue weighted by atomic mass is 79.9. The molecule has 2 N–H and O–H groups in total. The number of H-pyrrole nitrogens is 1. The zero-order valence-corrected chi connectivity index (χ0v) is 24.4. The van der Waals surface area contributed by atoms with Crippen molar-refractivity contribution in [2.24, 2.45) is 0 Å². The summed E-state index contributed by atoms with van der Waals surface area (Å²) in [5, 5.41) is 11.8. The van der Waals surface area contributed by atoms with E-state index in [-0.39, 0.29) is 11.9 Å². The number of hydrogen-bond donors (Lipinski definition) is 2. The van der Waals surface area contributed by atoms with Crippen LogP contribution in [0.2, 0.25) is 0 Å². The van der Waals surface area contributed by atoms with Crippen LogP contribution in [0, 0.1) is 6.92 Å². The number of carbonyl (C=O) groups excluding carboxylic acids is 1. The number of carbonyl (C=O) groups is 1. The van der Waals surface area contributed by atoms with Gasteiger partial charge in [-0.25, -0.2) is 9.97 Å². The first-order valence-electron chi connectivity index (χ1n) is 13.6. The Kier molecular flexibility index (Phi) is 8.04. The van der Waals surface area contributed by atoms with Crippen LogP contribution < -0.4 is 15.1 Å². The zero-order chi connectivity index (χ0) is 26.8. The van der Waals surface area contributed by atoms with E-state index in [1.807, 2.05) is 31.9 Å². The molecule has 0 atom stereocenters. The topological polar surface area (TPSA) is 96.5 Å². The van der Waals surface area contributed by atoms with Gasteiger partial charge in [0, 0.05) is 69.3 Å². The molecule has 2 fully saturated rings. The van der Waals surface area contributed by atoms with Gasteiger partial charge in [0.25, 0.3) is 5.91 Å². The highest BCUT2D eigenvalue weighted by Gasteiger charge is 2.25. The van der Waals surface area contributed by atoms with Crippen molar-refractivity contribution in [2.75, 3.05) is 74.5 Å². The number of aromatic nitrogens is 4. The van der Waals surface area contributed by atoms with E-state index in [9.17, 15) is 4.79 Å². The fraction of sp³-hybridized carbons (Fsp3) is 0.556. The summed E-state index contributed by atoms with van der Waals surface area (Å²) in [6.45, 7) is 13.8. The Hall–Kier alpha value is -2.92. The summed E-state index contributed by atoms with van der Waals surface area (Å²) in [5.74, 6) is 0.939. The molecule has 2 aromatic heterocycles. The van der Waals surface area contributed by atoms with Gasteiger partial charge in [0.15, 0.2) is 5.65 Å². The van der Waals surface area contributed by atoms with Gasteiger partial charge in [-0.3, -0.25) is 9.89 Å². The first-order chi connectivity index (χ1) is 18.3. The number of halogens is 1. The predicted octanol–water partition coefficient (Wildman–Crippen LogP) is 3.74. The third kappa shape index (κ3) is 5.44. The van der Waals surface area contributed by atoms with Crippen molar-refractivity contribution in [2.45, 2.75) is 39.7 Å². The summed E-state index contributed by atoms with van der Waals surface area (Å²) < 4.78 is 0.728. The van der Waals surface area contributed by atoms with Gasteiger partial charge in [-0.2, -0.15) is 5.10 Å². The van der Waals surface area contributed by atoms with Gasteiger partial charge < -0.3 is 24.9 Å². The Balaban J connectivity index is 1.37. The van der Waals surface area contributed by atoms with Crippen LogP contribution in [0.3, 0.4) is 0 Å². The van der Waals surface area contributed by atoms with Crippen LogP contribution in [0.4, 0.5) is 17.2 Å². The molecule has 3 aromatic rings. The molecule has 5 rings (SSSR count). The average molecular weight is 585 g/mol. The van der Waals surface area contributed by atoms with E-state index in [2.05, 4.69) is 69.1 Å². The number of fused-ring (bicyclic) bond motifs is 1. The smallest absolute Gasteiger partial charge is 0.253 e. The number of amides is 1. The van der Waals surface area contributed by atoms with Gasteiger partial charge in [0.1, 0.15) is 16.7 Å². The molecule has 38 heavy (non-hydrogen) atoms. The molecule has 0 unspecified atom stereocenters. The largest absolute Gasteiger partial charge is 0.383 e. The number of likely N-dealkylation sites (tertiary alicyclic amines) is 1. The van der Waals surface area contributed by atoms with Crippen molar-refractivity contribution in [3.63, 3.8) is 0 Å². The van der Waals surface area contributed by atoms with E-state index in [4.69, 9.17) is 0 Å². The third-order valence-corrected chi connectivity index (χ3v) is 8.45. The molecule has 11 heteroatoms. The summed E-state index contributed by atoms with van der Waals surface area (Å²) in [6.07, 6.45) is 4.16. The highest BCUT2D eigenvalue weighted by molar-refractivity contribution is 9.10. The lowest BCUT2D eigenvalue weighted by atomic mass is 10.0. The van der Waals surface area contributed by atoms with Crippen LogP contribution in [0.15, 0.2) is 23.1 Å². The van der Waals surface area contributed by atoms with Crippen molar-refractivity contribution in [1.82, 2.24) is 30.0 Å². The summed E-state index contributed by atoms with van der Waals surface area (Å²) in [7, 11) is 1.88. The van der Waals surface area contributed by atoms with Crippen LogP contribution in [-0.2, 0) is 0 Å².